The smallest absolute Gasteiger partial charge is 0.326 e. The number of piperazine rings is 1. The van der Waals surface area contributed by atoms with Crippen LogP contribution in [-0.4, -0.2) is 71.2 Å². The first kappa shape index (κ1) is 23.2. The number of fused-ring (bicyclic) bond motifs is 1. The van der Waals surface area contributed by atoms with Crippen molar-refractivity contribution in [2.45, 2.75) is 49.6 Å². The number of anilines is 2. The highest BCUT2D eigenvalue weighted by Crippen LogP contribution is 2.32. The second kappa shape index (κ2) is 10.8. The monoisotopic (exact) mass is 479 g/mol. The number of benzene rings is 1. The highest BCUT2D eigenvalue weighted by atomic mass is 32.2. The Labute approximate surface area is 205 Å². The second-order valence-corrected chi connectivity index (χ2v) is 10.4. The molecule has 2 aromatic rings. The van der Waals surface area contributed by atoms with E-state index >= 15 is 0 Å². The molecule has 0 atom stereocenters. The van der Waals surface area contributed by atoms with Gasteiger partial charge in [-0.05, 0) is 42.7 Å². The van der Waals surface area contributed by atoms with Crippen LogP contribution in [-0.2, 0) is 11.2 Å². The van der Waals surface area contributed by atoms with Gasteiger partial charge in [-0.1, -0.05) is 31.4 Å². The van der Waals surface area contributed by atoms with Gasteiger partial charge in [-0.2, -0.15) is 0 Å². The molecule has 5 rings (SSSR count). The fraction of sp³-hybridized carbons (Fsp3) is 0.500. The minimum Gasteiger partial charge on any atom is -0.340 e. The standard InChI is InChI=1S/C26H33N5O2S/c32-24(30-15-13-29(14-16-30)22-5-2-1-3-6-22)19-20-8-10-21(11-9-20)28-26(33)31-17-18-34-25-23(31)7-4-12-27-25/h4,7-12,22H,1-3,5-6,13-19H2,(H,28,33). The topological polar surface area (TPSA) is 68.8 Å². The summed E-state index contributed by atoms with van der Waals surface area (Å²) in [5.74, 6) is 1.02. The van der Waals surface area contributed by atoms with Crippen molar-refractivity contribution in [3.8, 4) is 0 Å². The van der Waals surface area contributed by atoms with Gasteiger partial charge in [0.15, 0.2) is 0 Å². The van der Waals surface area contributed by atoms with Crippen molar-refractivity contribution < 1.29 is 9.59 Å². The van der Waals surface area contributed by atoms with Crippen LogP contribution in [0.15, 0.2) is 47.6 Å². The van der Waals surface area contributed by atoms with E-state index in [1.807, 2.05) is 41.3 Å². The van der Waals surface area contributed by atoms with E-state index in [4.69, 9.17) is 0 Å². The van der Waals surface area contributed by atoms with Gasteiger partial charge in [0.2, 0.25) is 5.91 Å². The van der Waals surface area contributed by atoms with Crippen molar-refractivity contribution in [3.63, 3.8) is 0 Å². The Morgan fingerprint density at radius 2 is 1.74 bits per heavy atom. The number of hydrogen-bond acceptors (Lipinski definition) is 5. The number of nitrogens with zero attached hydrogens (tertiary/aromatic N) is 4. The van der Waals surface area contributed by atoms with E-state index in [-0.39, 0.29) is 11.9 Å². The Morgan fingerprint density at radius 3 is 2.50 bits per heavy atom. The minimum atomic E-state index is -0.158. The lowest BCUT2D eigenvalue weighted by atomic mass is 9.94. The molecule has 2 fully saturated rings. The Morgan fingerprint density at radius 1 is 0.971 bits per heavy atom. The van der Waals surface area contributed by atoms with Crippen LogP contribution in [0.5, 0.6) is 0 Å². The van der Waals surface area contributed by atoms with Gasteiger partial charge in [0.1, 0.15) is 5.03 Å². The molecule has 7 nitrogen and oxygen atoms in total. The molecule has 1 saturated heterocycles. The highest BCUT2D eigenvalue weighted by molar-refractivity contribution is 7.99. The maximum Gasteiger partial charge on any atom is 0.326 e. The third kappa shape index (κ3) is 5.39. The fourth-order valence-electron chi connectivity index (χ4n) is 5.23. The van der Waals surface area contributed by atoms with Crippen molar-refractivity contribution in [2.75, 3.05) is 48.7 Å². The minimum absolute atomic E-state index is 0.158. The molecule has 2 aliphatic heterocycles. The van der Waals surface area contributed by atoms with Crippen LogP contribution in [0.25, 0.3) is 0 Å². The Balaban J connectivity index is 1.12. The van der Waals surface area contributed by atoms with Gasteiger partial charge >= 0.3 is 6.03 Å². The zero-order chi connectivity index (χ0) is 23.3. The summed E-state index contributed by atoms with van der Waals surface area (Å²) in [5.41, 5.74) is 2.55. The lowest BCUT2D eigenvalue weighted by molar-refractivity contribution is -0.132. The summed E-state index contributed by atoms with van der Waals surface area (Å²) < 4.78 is 0. The van der Waals surface area contributed by atoms with Gasteiger partial charge in [-0.3, -0.25) is 14.6 Å². The number of amides is 3. The first-order chi connectivity index (χ1) is 16.7. The first-order valence-electron chi connectivity index (χ1n) is 12.4. The molecule has 3 heterocycles. The number of nitrogens with one attached hydrogen (secondary N) is 1. The van der Waals surface area contributed by atoms with Gasteiger partial charge in [-0.15, -0.1) is 11.8 Å². The number of hydrogen-bond donors (Lipinski definition) is 1. The van der Waals surface area contributed by atoms with E-state index in [1.54, 1.807) is 22.9 Å². The van der Waals surface area contributed by atoms with E-state index in [9.17, 15) is 9.59 Å². The van der Waals surface area contributed by atoms with Crippen LogP contribution < -0.4 is 10.2 Å². The number of carbonyl (C=O) groups is 2. The van der Waals surface area contributed by atoms with Crippen LogP contribution in [0.3, 0.4) is 0 Å². The molecule has 0 spiro atoms. The van der Waals surface area contributed by atoms with Crippen molar-refractivity contribution in [3.05, 3.63) is 48.2 Å². The quantitative estimate of drug-likeness (QED) is 0.710. The van der Waals surface area contributed by atoms with Crippen LogP contribution in [0.1, 0.15) is 37.7 Å². The molecular formula is C26H33N5O2S. The lowest BCUT2D eigenvalue weighted by Crippen LogP contribution is -2.52. The third-order valence-corrected chi connectivity index (χ3v) is 8.13. The molecule has 1 aliphatic carbocycles. The number of thioether (sulfide) groups is 1. The fourth-order valence-corrected chi connectivity index (χ4v) is 6.16. The molecule has 1 aromatic carbocycles. The summed E-state index contributed by atoms with van der Waals surface area (Å²) in [4.78, 5) is 36.4. The SMILES string of the molecule is O=C(Cc1ccc(NC(=O)N2CCSc3ncccc32)cc1)N1CCN(C2CCCCC2)CC1. The number of urea groups is 1. The molecule has 1 saturated carbocycles. The molecule has 0 bridgehead atoms. The van der Waals surface area contributed by atoms with Gasteiger partial charge in [-0.25, -0.2) is 9.78 Å². The van der Waals surface area contributed by atoms with Crippen molar-refractivity contribution >= 4 is 35.1 Å². The van der Waals surface area contributed by atoms with Crippen LogP contribution >= 0.6 is 11.8 Å². The summed E-state index contributed by atoms with van der Waals surface area (Å²) in [6.45, 7) is 4.29. The maximum atomic E-state index is 12.9. The summed E-state index contributed by atoms with van der Waals surface area (Å²) in [7, 11) is 0. The molecule has 0 unspecified atom stereocenters. The average molecular weight is 480 g/mol. The van der Waals surface area contributed by atoms with Gasteiger partial charge < -0.3 is 10.2 Å². The predicted octanol–water partition coefficient (Wildman–Crippen LogP) is 4.25. The Hall–Kier alpha value is -2.58. The van der Waals surface area contributed by atoms with Crippen LogP contribution in [0.4, 0.5) is 16.2 Å². The Bertz CT molecular complexity index is 1000. The van der Waals surface area contributed by atoms with Crippen molar-refractivity contribution in [2.24, 2.45) is 0 Å². The van der Waals surface area contributed by atoms with Crippen molar-refractivity contribution in [1.29, 1.82) is 0 Å². The van der Waals surface area contributed by atoms with E-state index in [1.165, 1.54) is 32.1 Å². The van der Waals surface area contributed by atoms with Gasteiger partial charge in [0.05, 0.1) is 12.1 Å². The maximum absolute atomic E-state index is 12.9. The first-order valence-corrected chi connectivity index (χ1v) is 13.4. The molecule has 34 heavy (non-hydrogen) atoms. The third-order valence-electron chi connectivity index (χ3n) is 7.16. The molecule has 1 aromatic heterocycles. The van der Waals surface area contributed by atoms with Gasteiger partial charge in [0, 0.05) is 56.4 Å². The van der Waals surface area contributed by atoms with Crippen molar-refractivity contribution in [1.82, 2.24) is 14.8 Å². The summed E-state index contributed by atoms with van der Waals surface area (Å²) in [5, 5.41) is 3.87. The number of pyridine rings is 1. The molecule has 3 amide bonds. The summed E-state index contributed by atoms with van der Waals surface area (Å²) in [6, 6.07) is 12.0. The zero-order valence-electron chi connectivity index (χ0n) is 19.6. The lowest BCUT2D eigenvalue weighted by Gasteiger charge is -2.40. The van der Waals surface area contributed by atoms with E-state index in [2.05, 4.69) is 15.2 Å². The molecular weight excluding hydrogens is 446 g/mol. The predicted molar refractivity (Wildman–Crippen MR) is 136 cm³/mol. The molecule has 3 aliphatic rings. The number of rotatable bonds is 4. The van der Waals surface area contributed by atoms with E-state index in [0.717, 1.165) is 59.9 Å². The molecule has 8 heteroatoms. The molecule has 0 radical (unpaired) electrons. The van der Waals surface area contributed by atoms with E-state index < -0.39 is 0 Å². The van der Waals surface area contributed by atoms with Crippen LogP contribution in [0.2, 0.25) is 0 Å². The molecule has 1 N–H and O–H groups in total. The summed E-state index contributed by atoms with van der Waals surface area (Å²) in [6.07, 6.45) is 8.86. The molecule has 180 valence electrons. The normalized spacial score (nSPS) is 19.5. The largest absolute Gasteiger partial charge is 0.340 e. The van der Waals surface area contributed by atoms with Crippen LogP contribution in [0, 0.1) is 0 Å². The summed E-state index contributed by atoms with van der Waals surface area (Å²) >= 11 is 1.67. The number of carbonyl (C=O) groups excluding carboxylic acids is 2. The second-order valence-electron chi connectivity index (χ2n) is 9.34. The average Bonchev–Trinajstić information content (AvgIpc) is 2.90. The Kier molecular flexibility index (Phi) is 7.35. The van der Waals surface area contributed by atoms with Gasteiger partial charge in [0.25, 0.3) is 0 Å². The zero-order valence-corrected chi connectivity index (χ0v) is 20.4. The highest BCUT2D eigenvalue weighted by Gasteiger charge is 2.27. The number of aromatic nitrogens is 1. The van der Waals surface area contributed by atoms with E-state index in [0.29, 0.717) is 13.0 Å².